The highest BCUT2D eigenvalue weighted by molar-refractivity contribution is 6.17. The minimum absolute atomic E-state index is 0.310. The molecule has 1 aromatic carbocycles. The number of carbonyl (C=O) groups is 1. The molecule has 0 saturated carbocycles. The molecule has 0 aliphatic heterocycles. The summed E-state index contributed by atoms with van der Waals surface area (Å²) < 4.78 is 18.0. The van der Waals surface area contributed by atoms with Crippen LogP contribution >= 0.6 is 0 Å². The molecule has 16 heavy (non-hydrogen) atoms. The average molecular weight is 222 g/mol. The second-order valence-corrected chi connectivity index (χ2v) is 3.61. The maximum absolute atomic E-state index is 13.1. The van der Waals surface area contributed by atoms with Gasteiger partial charge in [0.15, 0.2) is 0 Å². The van der Waals surface area contributed by atoms with Crippen molar-refractivity contribution in [3.05, 3.63) is 41.2 Å². The fourth-order valence-electron chi connectivity index (χ4n) is 1.46. The van der Waals surface area contributed by atoms with Gasteiger partial charge in [0.2, 0.25) is 0 Å². The minimum atomic E-state index is -0.409. The Kier molecular flexibility index (Phi) is 4.23. The van der Waals surface area contributed by atoms with Crippen molar-refractivity contribution >= 4 is 11.5 Å². The second kappa shape index (κ2) is 5.45. The van der Waals surface area contributed by atoms with Gasteiger partial charge in [-0.2, -0.15) is 0 Å². The van der Waals surface area contributed by atoms with Gasteiger partial charge in [0, 0.05) is 0 Å². The molecular formula is C13H15FO2. The number of halogens is 1. The molecule has 0 bridgehead atoms. The van der Waals surface area contributed by atoms with Gasteiger partial charge >= 0.3 is 5.97 Å². The van der Waals surface area contributed by atoms with Crippen LogP contribution < -0.4 is 0 Å². The summed E-state index contributed by atoms with van der Waals surface area (Å²) in [6.07, 6.45) is 0. The predicted octanol–water partition coefficient (Wildman–Crippen LogP) is 3.18. The van der Waals surface area contributed by atoms with Crippen LogP contribution in [-0.2, 0) is 9.53 Å². The fourth-order valence-corrected chi connectivity index (χ4v) is 1.46. The van der Waals surface area contributed by atoms with E-state index < -0.39 is 5.97 Å². The standard InChI is InChI=1S/C13H15FO2/c1-4-16-13(15)12(9(2)3)10-6-5-7-11(14)8-10/h5-8H,4H2,1-3H3. The average Bonchev–Trinajstić information content (AvgIpc) is 2.17. The summed E-state index contributed by atoms with van der Waals surface area (Å²) in [5.74, 6) is -0.770. The zero-order valence-electron chi connectivity index (χ0n) is 9.71. The first-order valence-corrected chi connectivity index (χ1v) is 5.16. The predicted molar refractivity (Wildman–Crippen MR) is 61.3 cm³/mol. The largest absolute Gasteiger partial charge is 0.462 e. The van der Waals surface area contributed by atoms with Gasteiger partial charge in [-0.05, 0) is 38.5 Å². The summed E-state index contributed by atoms with van der Waals surface area (Å²) in [5, 5.41) is 0. The lowest BCUT2D eigenvalue weighted by Crippen LogP contribution is -2.08. The lowest BCUT2D eigenvalue weighted by molar-refractivity contribution is -0.136. The molecule has 0 aromatic heterocycles. The van der Waals surface area contributed by atoms with Crippen molar-refractivity contribution in [2.24, 2.45) is 0 Å². The molecule has 0 aliphatic rings. The summed E-state index contributed by atoms with van der Waals surface area (Å²) in [7, 11) is 0. The second-order valence-electron chi connectivity index (χ2n) is 3.61. The molecule has 2 nitrogen and oxygen atoms in total. The number of rotatable bonds is 3. The monoisotopic (exact) mass is 222 g/mol. The smallest absolute Gasteiger partial charge is 0.338 e. The fraction of sp³-hybridized carbons (Fsp3) is 0.308. The van der Waals surface area contributed by atoms with Crippen LogP contribution in [0, 0.1) is 5.82 Å². The van der Waals surface area contributed by atoms with Crippen molar-refractivity contribution in [3.8, 4) is 0 Å². The molecule has 0 saturated heterocycles. The van der Waals surface area contributed by atoms with Gasteiger partial charge in [0.05, 0.1) is 12.2 Å². The van der Waals surface area contributed by atoms with E-state index in [1.807, 2.05) is 0 Å². The highest BCUT2D eigenvalue weighted by Gasteiger charge is 2.14. The zero-order chi connectivity index (χ0) is 12.1. The molecule has 0 amide bonds. The van der Waals surface area contributed by atoms with E-state index >= 15 is 0 Å². The van der Waals surface area contributed by atoms with Gasteiger partial charge in [-0.3, -0.25) is 0 Å². The molecule has 0 spiro atoms. The molecule has 0 unspecified atom stereocenters. The third-order valence-electron chi connectivity index (χ3n) is 2.09. The molecular weight excluding hydrogens is 207 g/mol. The Bertz CT molecular complexity index is 418. The van der Waals surface area contributed by atoms with Crippen molar-refractivity contribution in [2.45, 2.75) is 20.8 Å². The van der Waals surface area contributed by atoms with Gasteiger partial charge in [-0.25, -0.2) is 9.18 Å². The molecule has 0 aliphatic carbocycles. The van der Waals surface area contributed by atoms with Crippen LogP contribution in [0.3, 0.4) is 0 Å². The third-order valence-corrected chi connectivity index (χ3v) is 2.09. The Labute approximate surface area is 94.7 Å². The van der Waals surface area contributed by atoms with Crippen molar-refractivity contribution in [1.82, 2.24) is 0 Å². The quantitative estimate of drug-likeness (QED) is 0.580. The van der Waals surface area contributed by atoms with E-state index in [1.165, 1.54) is 12.1 Å². The normalized spacial score (nSPS) is 9.75. The van der Waals surface area contributed by atoms with Gasteiger partial charge in [-0.1, -0.05) is 17.7 Å². The van der Waals surface area contributed by atoms with Crippen LogP contribution in [0.2, 0.25) is 0 Å². The van der Waals surface area contributed by atoms with Crippen LogP contribution in [-0.4, -0.2) is 12.6 Å². The van der Waals surface area contributed by atoms with Crippen LogP contribution in [0.5, 0.6) is 0 Å². The molecule has 86 valence electrons. The molecule has 0 fully saturated rings. The lowest BCUT2D eigenvalue weighted by Gasteiger charge is -2.09. The Hall–Kier alpha value is -1.64. The van der Waals surface area contributed by atoms with E-state index in [0.717, 1.165) is 5.57 Å². The van der Waals surface area contributed by atoms with Crippen molar-refractivity contribution in [3.63, 3.8) is 0 Å². The molecule has 0 radical (unpaired) electrons. The van der Waals surface area contributed by atoms with Gasteiger partial charge in [0.25, 0.3) is 0 Å². The molecule has 0 N–H and O–H groups in total. The first kappa shape index (κ1) is 12.4. The lowest BCUT2D eigenvalue weighted by atomic mass is 10.0. The summed E-state index contributed by atoms with van der Waals surface area (Å²) >= 11 is 0. The van der Waals surface area contributed by atoms with E-state index in [1.54, 1.807) is 32.9 Å². The van der Waals surface area contributed by atoms with Crippen molar-refractivity contribution in [1.29, 1.82) is 0 Å². The van der Waals surface area contributed by atoms with Crippen LogP contribution in [0.25, 0.3) is 5.57 Å². The van der Waals surface area contributed by atoms with E-state index in [0.29, 0.717) is 17.7 Å². The molecule has 0 atom stereocenters. The van der Waals surface area contributed by atoms with E-state index in [4.69, 9.17) is 4.74 Å². The number of hydrogen-bond donors (Lipinski definition) is 0. The number of hydrogen-bond acceptors (Lipinski definition) is 2. The van der Waals surface area contributed by atoms with Crippen molar-refractivity contribution < 1.29 is 13.9 Å². The Morgan fingerprint density at radius 2 is 2.06 bits per heavy atom. The van der Waals surface area contributed by atoms with Gasteiger partial charge in [-0.15, -0.1) is 0 Å². The Morgan fingerprint density at radius 1 is 1.38 bits per heavy atom. The highest BCUT2D eigenvalue weighted by Crippen LogP contribution is 2.21. The first-order valence-electron chi connectivity index (χ1n) is 5.16. The van der Waals surface area contributed by atoms with E-state index in [2.05, 4.69) is 0 Å². The number of ether oxygens (including phenoxy) is 1. The first-order chi connectivity index (χ1) is 7.56. The molecule has 1 rings (SSSR count). The molecule has 3 heteroatoms. The van der Waals surface area contributed by atoms with E-state index in [-0.39, 0.29) is 5.82 Å². The maximum Gasteiger partial charge on any atom is 0.338 e. The summed E-state index contributed by atoms with van der Waals surface area (Å²) in [4.78, 5) is 11.7. The maximum atomic E-state index is 13.1. The Balaban J connectivity index is 3.15. The number of esters is 1. The third kappa shape index (κ3) is 2.92. The minimum Gasteiger partial charge on any atom is -0.462 e. The summed E-state index contributed by atoms with van der Waals surface area (Å²) in [5.41, 5.74) is 1.80. The number of benzene rings is 1. The summed E-state index contributed by atoms with van der Waals surface area (Å²) in [6, 6.07) is 5.95. The van der Waals surface area contributed by atoms with E-state index in [9.17, 15) is 9.18 Å². The highest BCUT2D eigenvalue weighted by atomic mass is 19.1. The molecule has 1 aromatic rings. The van der Waals surface area contributed by atoms with Crippen LogP contribution in [0.4, 0.5) is 4.39 Å². The Morgan fingerprint density at radius 3 is 2.56 bits per heavy atom. The molecule has 0 heterocycles. The SMILES string of the molecule is CCOC(=O)C(=C(C)C)c1cccc(F)c1. The number of allylic oxidation sites excluding steroid dienone is 1. The van der Waals surface area contributed by atoms with Crippen LogP contribution in [0.1, 0.15) is 26.3 Å². The van der Waals surface area contributed by atoms with Crippen molar-refractivity contribution in [2.75, 3.05) is 6.61 Å². The van der Waals surface area contributed by atoms with Crippen LogP contribution in [0.15, 0.2) is 29.8 Å². The van der Waals surface area contributed by atoms with Gasteiger partial charge < -0.3 is 4.74 Å². The summed E-state index contributed by atoms with van der Waals surface area (Å²) in [6.45, 7) is 5.66. The topological polar surface area (TPSA) is 26.3 Å². The number of carbonyl (C=O) groups excluding carboxylic acids is 1. The van der Waals surface area contributed by atoms with Gasteiger partial charge in [0.1, 0.15) is 5.82 Å². The zero-order valence-corrected chi connectivity index (χ0v) is 9.71.